The minimum Gasteiger partial charge on any atom is -0.331 e. The molecule has 0 saturated heterocycles. The average molecular weight is 227 g/mol. The Morgan fingerprint density at radius 2 is 2.12 bits per heavy atom. The average Bonchev–Trinajstić information content (AvgIpc) is 2.81. The highest BCUT2D eigenvalue weighted by Gasteiger charge is 1.98. The number of carbonyl (C=O) groups excluding carboxylic acids is 1. The molecule has 1 aromatic carbocycles. The molecule has 2 rings (SSSR count). The number of aryl methyl sites for hydroxylation is 1. The lowest BCUT2D eigenvalue weighted by Gasteiger charge is -1.96. The van der Waals surface area contributed by atoms with Crippen molar-refractivity contribution in [3.05, 3.63) is 53.9 Å². The van der Waals surface area contributed by atoms with Crippen molar-refractivity contribution < 1.29 is 4.79 Å². The highest BCUT2D eigenvalue weighted by Crippen LogP contribution is 2.05. The number of benzene rings is 1. The van der Waals surface area contributed by atoms with Gasteiger partial charge in [-0.3, -0.25) is 10.1 Å². The maximum Gasteiger partial charge on any atom is 0.250 e. The van der Waals surface area contributed by atoms with E-state index in [4.69, 9.17) is 0 Å². The standard InChI is InChI=1S/C13H13N3O/c1-10-2-4-11(5-3-10)6-7-12(17)16-13-14-8-9-15-13/h2-9H,1H3,(H2,14,15,16,17). The molecule has 0 fully saturated rings. The molecular weight excluding hydrogens is 214 g/mol. The molecule has 1 heterocycles. The normalized spacial score (nSPS) is 10.6. The molecule has 0 saturated carbocycles. The van der Waals surface area contributed by atoms with Gasteiger partial charge in [0.15, 0.2) is 0 Å². The molecule has 0 spiro atoms. The van der Waals surface area contributed by atoms with Gasteiger partial charge < -0.3 is 4.98 Å². The zero-order chi connectivity index (χ0) is 12.1. The van der Waals surface area contributed by atoms with Gasteiger partial charge >= 0.3 is 0 Å². The zero-order valence-corrected chi connectivity index (χ0v) is 9.47. The van der Waals surface area contributed by atoms with E-state index in [2.05, 4.69) is 15.3 Å². The van der Waals surface area contributed by atoms with Crippen LogP contribution in [0.25, 0.3) is 6.08 Å². The van der Waals surface area contributed by atoms with Gasteiger partial charge in [-0.25, -0.2) is 4.98 Å². The molecule has 0 atom stereocenters. The van der Waals surface area contributed by atoms with E-state index in [1.54, 1.807) is 18.5 Å². The summed E-state index contributed by atoms with van der Waals surface area (Å²) in [5, 5.41) is 2.61. The van der Waals surface area contributed by atoms with Crippen LogP contribution in [0.5, 0.6) is 0 Å². The molecule has 0 unspecified atom stereocenters. The summed E-state index contributed by atoms with van der Waals surface area (Å²) < 4.78 is 0. The number of aromatic amines is 1. The number of anilines is 1. The minimum atomic E-state index is -0.208. The Balaban J connectivity index is 1.96. The van der Waals surface area contributed by atoms with E-state index in [0.29, 0.717) is 5.95 Å². The molecule has 0 aliphatic heterocycles. The zero-order valence-electron chi connectivity index (χ0n) is 9.47. The topological polar surface area (TPSA) is 57.8 Å². The van der Waals surface area contributed by atoms with Crippen molar-refractivity contribution in [1.82, 2.24) is 9.97 Å². The highest BCUT2D eigenvalue weighted by molar-refractivity contribution is 6.00. The van der Waals surface area contributed by atoms with Crippen LogP contribution in [0.2, 0.25) is 0 Å². The predicted molar refractivity (Wildman–Crippen MR) is 67.4 cm³/mol. The third-order valence-corrected chi connectivity index (χ3v) is 2.24. The summed E-state index contributed by atoms with van der Waals surface area (Å²) in [6, 6.07) is 7.94. The van der Waals surface area contributed by atoms with Crippen molar-refractivity contribution in [2.75, 3.05) is 5.32 Å². The molecule has 2 N–H and O–H groups in total. The van der Waals surface area contributed by atoms with Gasteiger partial charge in [-0.1, -0.05) is 29.8 Å². The summed E-state index contributed by atoms with van der Waals surface area (Å²) in [7, 11) is 0. The number of carbonyl (C=O) groups is 1. The number of hydrogen-bond acceptors (Lipinski definition) is 2. The van der Waals surface area contributed by atoms with Gasteiger partial charge in [-0.05, 0) is 18.6 Å². The van der Waals surface area contributed by atoms with E-state index in [-0.39, 0.29) is 5.91 Å². The monoisotopic (exact) mass is 227 g/mol. The molecular formula is C13H13N3O. The third-order valence-electron chi connectivity index (χ3n) is 2.24. The van der Waals surface area contributed by atoms with Gasteiger partial charge in [0, 0.05) is 18.5 Å². The Hall–Kier alpha value is -2.36. The number of imidazole rings is 1. The molecule has 1 amide bonds. The van der Waals surface area contributed by atoms with E-state index in [9.17, 15) is 4.79 Å². The first-order chi connectivity index (χ1) is 8.24. The largest absolute Gasteiger partial charge is 0.331 e. The van der Waals surface area contributed by atoms with E-state index < -0.39 is 0 Å². The molecule has 86 valence electrons. The fraction of sp³-hybridized carbons (Fsp3) is 0.0769. The first-order valence-corrected chi connectivity index (χ1v) is 5.29. The van der Waals surface area contributed by atoms with Gasteiger partial charge in [-0.15, -0.1) is 0 Å². The van der Waals surface area contributed by atoms with Crippen molar-refractivity contribution >= 4 is 17.9 Å². The van der Waals surface area contributed by atoms with Crippen LogP contribution in [0, 0.1) is 6.92 Å². The van der Waals surface area contributed by atoms with Crippen LogP contribution < -0.4 is 5.32 Å². The van der Waals surface area contributed by atoms with Crippen molar-refractivity contribution in [3.63, 3.8) is 0 Å². The summed E-state index contributed by atoms with van der Waals surface area (Å²) in [4.78, 5) is 18.2. The SMILES string of the molecule is Cc1ccc(C=CC(=O)Nc2ncc[nH]2)cc1. The van der Waals surface area contributed by atoms with Crippen LogP contribution in [0.4, 0.5) is 5.95 Å². The number of aromatic nitrogens is 2. The Labute approximate surface area is 99.4 Å². The summed E-state index contributed by atoms with van der Waals surface area (Å²) in [5.74, 6) is 0.240. The van der Waals surface area contributed by atoms with Crippen LogP contribution in [0.3, 0.4) is 0 Å². The second-order valence-corrected chi connectivity index (χ2v) is 3.67. The van der Waals surface area contributed by atoms with Crippen molar-refractivity contribution in [2.24, 2.45) is 0 Å². The van der Waals surface area contributed by atoms with E-state index in [1.807, 2.05) is 31.2 Å². The number of amides is 1. The Kier molecular flexibility index (Phi) is 3.35. The Morgan fingerprint density at radius 3 is 2.76 bits per heavy atom. The van der Waals surface area contributed by atoms with Crippen LogP contribution in [-0.4, -0.2) is 15.9 Å². The van der Waals surface area contributed by atoms with E-state index >= 15 is 0 Å². The van der Waals surface area contributed by atoms with Crippen molar-refractivity contribution in [1.29, 1.82) is 0 Å². The first kappa shape index (κ1) is 11.1. The second-order valence-electron chi connectivity index (χ2n) is 3.67. The highest BCUT2D eigenvalue weighted by atomic mass is 16.1. The van der Waals surface area contributed by atoms with E-state index in [1.165, 1.54) is 11.6 Å². The maximum atomic E-state index is 11.5. The molecule has 4 heteroatoms. The summed E-state index contributed by atoms with van der Waals surface area (Å²) in [6.45, 7) is 2.02. The van der Waals surface area contributed by atoms with Gasteiger partial charge in [0.05, 0.1) is 0 Å². The quantitative estimate of drug-likeness (QED) is 0.791. The molecule has 4 nitrogen and oxygen atoms in total. The lowest BCUT2D eigenvalue weighted by Crippen LogP contribution is -2.08. The third kappa shape index (κ3) is 3.31. The number of hydrogen-bond donors (Lipinski definition) is 2. The lowest BCUT2D eigenvalue weighted by atomic mass is 10.1. The van der Waals surface area contributed by atoms with Crippen LogP contribution in [0.15, 0.2) is 42.7 Å². The predicted octanol–water partition coefficient (Wildman–Crippen LogP) is 2.37. The fourth-order valence-electron chi connectivity index (χ4n) is 1.34. The molecule has 0 radical (unpaired) electrons. The second kappa shape index (κ2) is 5.12. The van der Waals surface area contributed by atoms with Crippen molar-refractivity contribution in [2.45, 2.75) is 6.92 Å². The Morgan fingerprint density at radius 1 is 1.35 bits per heavy atom. The molecule has 17 heavy (non-hydrogen) atoms. The molecule has 0 aliphatic rings. The minimum absolute atomic E-state index is 0.208. The van der Waals surface area contributed by atoms with Gasteiger partial charge in [0.1, 0.15) is 0 Å². The smallest absolute Gasteiger partial charge is 0.250 e. The summed E-state index contributed by atoms with van der Waals surface area (Å²) in [5.41, 5.74) is 2.19. The van der Waals surface area contributed by atoms with Gasteiger partial charge in [0.25, 0.3) is 5.91 Å². The summed E-state index contributed by atoms with van der Waals surface area (Å²) in [6.07, 6.45) is 6.48. The van der Waals surface area contributed by atoms with Crippen LogP contribution >= 0.6 is 0 Å². The van der Waals surface area contributed by atoms with Gasteiger partial charge in [-0.2, -0.15) is 0 Å². The fourth-order valence-corrected chi connectivity index (χ4v) is 1.34. The number of nitrogens with one attached hydrogen (secondary N) is 2. The molecule has 0 aliphatic carbocycles. The number of H-pyrrole nitrogens is 1. The van der Waals surface area contributed by atoms with E-state index in [0.717, 1.165) is 5.56 Å². The maximum absolute atomic E-state index is 11.5. The van der Waals surface area contributed by atoms with Gasteiger partial charge in [0.2, 0.25) is 5.95 Å². The lowest BCUT2D eigenvalue weighted by molar-refractivity contribution is -0.111. The molecule has 1 aromatic heterocycles. The number of nitrogens with zero attached hydrogens (tertiary/aromatic N) is 1. The first-order valence-electron chi connectivity index (χ1n) is 5.29. The Bertz CT molecular complexity index is 512. The summed E-state index contributed by atoms with van der Waals surface area (Å²) >= 11 is 0. The van der Waals surface area contributed by atoms with Crippen molar-refractivity contribution in [3.8, 4) is 0 Å². The van der Waals surface area contributed by atoms with Crippen LogP contribution in [-0.2, 0) is 4.79 Å². The number of rotatable bonds is 3. The molecule has 0 bridgehead atoms. The molecule has 2 aromatic rings. The van der Waals surface area contributed by atoms with Crippen LogP contribution in [0.1, 0.15) is 11.1 Å².